The van der Waals surface area contributed by atoms with Gasteiger partial charge in [-0.1, -0.05) is 72.8 Å². The SMILES string of the molecule is [C-]#[N+]c1ccccc1-c1cc2c3c(c1)N1c4ccccc4Oc4cccc(c41)B3c1cccc3c1N2c1ccccc1O3. The summed E-state index contributed by atoms with van der Waals surface area (Å²) >= 11 is 0. The average molecular weight is 549 g/mol. The van der Waals surface area contributed by atoms with E-state index in [0.717, 1.165) is 68.2 Å². The van der Waals surface area contributed by atoms with Crippen molar-refractivity contribution in [2.45, 2.75) is 0 Å². The van der Waals surface area contributed by atoms with Gasteiger partial charge in [0.05, 0.1) is 29.3 Å². The maximum absolute atomic E-state index is 7.95. The Hall–Kier alpha value is -5.93. The van der Waals surface area contributed by atoms with Crippen LogP contribution in [0.3, 0.4) is 0 Å². The number of anilines is 6. The second-order valence-electron chi connectivity index (χ2n) is 11.2. The van der Waals surface area contributed by atoms with Crippen molar-refractivity contribution in [1.82, 2.24) is 0 Å². The van der Waals surface area contributed by atoms with E-state index in [1.54, 1.807) is 0 Å². The highest BCUT2D eigenvalue weighted by Gasteiger charge is 2.48. The molecule has 0 saturated carbocycles. The molecule has 4 aliphatic rings. The Morgan fingerprint density at radius 1 is 0.535 bits per heavy atom. The highest BCUT2D eigenvalue weighted by molar-refractivity contribution is 7.00. The van der Waals surface area contributed by atoms with Gasteiger partial charge in [0.25, 0.3) is 6.71 Å². The lowest BCUT2D eigenvalue weighted by Crippen LogP contribution is -2.61. The first-order valence-electron chi connectivity index (χ1n) is 14.3. The monoisotopic (exact) mass is 549 g/mol. The molecule has 4 heterocycles. The first-order chi connectivity index (χ1) is 21.3. The Morgan fingerprint density at radius 3 is 1.63 bits per heavy atom. The molecule has 0 saturated heterocycles. The molecule has 0 unspecified atom stereocenters. The Morgan fingerprint density at radius 2 is 1.05 bits per heavy atom. The number of hydrogen-bond acceptors (Lipinski definition) is 4. The zero-order chi connectivity index (χ0) is 28.2. The van der Waals surface area contributed by atoms with Gasteiger partial charge in [-0.3, -0.25) is 0 Å². The topological polar surface area (TPSA) is 29.3 Å². The van der Waals surface area contributed by atoms with Gasteiger partial charge in [0.15, 0.2) is 28.7 Å². The van der Waals surface area contributed by atoms with Crippen molar-refractivity contribution in [2.75, 3.05) is 9.80 Å². The second kappa shape index (κ2) is 8.09. The number of rotatable bonds is 1. The smallest absolute Gasteiger partial charge is 0.252 e. The summed E-state index contributed by atoms with van der Waals surface area (Å²) in [7, 11) is 0. The molecule has 0 aromatic heterocycles. The van der Waals surface area contributed by atoms with E-state index >= 15 is 0 Å². The van der Waals surface area contributed by atoms with Gasteiger partial charge in [-0.25, -0.2) is 4.85 Å². The van der Waals surface area contributed by atoms with E-state index in [9.17, 15) is 0 Å². The molecule has 0 fully saturated rings. The summed E-state index contributed by atoms with van der Waals surface area (Å²) in [5.41, 5.74) is 12.5. The fourth-order valence-electron chi connectivity index (χ4n) is 7.36. The molecule has 6 aromatic carbocycles. The quantitative estimate of drug-likeness (QED) is 0.153. The number of para-hydroxylation sites is 7. The molecule has 0 N–H and O–H groups in total. The van der Waals surface area contributed by atoms with E-state index in [4.69, 9.17) is 16.0 Å². The molecule has 10 rings (SSSR count). The van der Waals surface area contributed by atoms with E-state index in [1.165, 1.54) is 16.4 Å². The molecule has 0 radical (unpaired) electrons. The number of hydrogen-bond donors (Lipinski definition) is 0. The summed E-state index contributed by atoms with van der Waals surface area (Å²) in [5, 5.41) is 0. The minimum atomic E-state index is -0.0321. The van der Waals surface area contributed by atoms with Crippen LogP contribution in [0.15, 0.2) is 121 Å². The Bertz CT molecular complexity index is 2130. The maximum Gasteiger partial charge on any atom is 0.252 e. The molecule has 6 aromatic rings. The highest BCUT2D eigenvalue weighted by Crippen LogP contribution is 2.56. The predicted octanol–water partition coefficient (Wildman–Crippen LogP) is 8.20. The first kappa shape index (κ1) is 22.7. The normalized spacial score (nSPS) is 13.8. The molecule has 0 spiro atoms. The number of ether oxygens (including phenoxy) is 2. The van der Waals surface area contributed by atoms with Crippen LogP contribution in [0, 0.1) is 6.57 Å². The summed E-state index contributed by atoms with van der Waals surface area (Å²) in [6.07, 6.45) is 0. The van der Waals surface area contributed by atoms with Gasteiger partial charge in [-0.15, -0.1) is 0 Å². The summed E-state index contributed by atoms with van der Waals surface area (Å²) < 4.78 is 13.1. The highest BCUT2D eigenvalue weighted by atomic mass is 16.5. The first-order valence-corrected chi connectivity index (χ1v) is 14.3. The molecule has 0 bridgehead atoms. The third kappa shape index (κ3) is 2.86. The van der Waals surface area contributed by atoms with E-state index in [1.807, 2.05) is 48.5 Å². The lowest BCUT2D eigenvalue weighted by Gasteiger charge is -2.47. The molecule has 6 heteroatoms. The molecule has 5 nitrogen and oxygen atoms in total. The van der Waals surface area contributed by atoms with E-state index in [0.29, 0.717) is 5.69 Å². The lowest BCUT2D eigenvalue weighted by atomic mass is 9.33. The summed E-state index contributed by atoms with van der Waals surface area (Å²) in [6, 6.07) is 41.6. The Balaban J connectivity index is 1.38. The van der Waals surface area contributed by atoms with Crippen LogP contribution in [0.25, 0.3) is 16.0 Å². The van der Waals surface area contributed by atoms with E-state index in [-0.39, 0.29) is 6.71 Å². The van der Waals surface area contributed by atoms with Gasteiger partial charge in [0.2, 0.25) is 0 Å². The van der Waals surface area contributed by atoms with Crippen molar-refractivity contribution in [3.63, 3.8) is 0 Å². The zero-order valence-corrected chi connectivity index (χ0v) is 22.8. The van der Waals surface area contributed by atoms with Crippen LogP contribution in [0.2, 0.25) is 0 Å². The van der Waals surface area contributed by atoms with Gasteiger partial charge in [-0.2, -0.15) is 0 Å². The van der Waals surface area contributed by atoms with Crippen molar-refractivity contribution in [3.05, 3.63) is 133 Å². The Kier molecular flexibility index (Phi) is 4.28. The van der Waals surface area contributed by atoms with Gasteiger partial charge in [0, 0.05) is 11.4 Å². The van der Waals surface area contributed by atoms with Gasteiger partial charge < -0.3 is 19.3 Å². The van der Waals surface area contributed by atoms with Crippen LogP contribution >= 0.6 is 0 Å². The predicted molar refractivity (Wildman–Crippen MR) is 172 cm³/mol. The van der Waals surface area contributed by atoms with E-state index in [2.05, 4.69) is 87.4 Å². The third-order valence-electron chi connectivity index (χ3n) is 9.02. The standard InChI is InChI=1S/C37H20BN3O2/c1-39-26-13-3-2-10-23(26)22-20-29-35-30(21-22)41-28-15-5-7-17-32(28)43-34-19-9-12-25(37(34)41)38(35)24-11-8-18-33-36(24)40(29)27-14-4-6-16-31(27)42-33/h2-21H. The molecule has 0 atom stereocenters. The molecular formula is C37H20BN3O2. The third-order valence-corrected chi connectivity index (χ3v) is 9.02. The van der Waals surface area contributed by atoms with Crippen molar-refractivity contribution in [3.8, 4) is 34.1 Å². The van der Waals surface area contributed by atoms with Crippen LogP contribution in [0.4, 0.5) is 39.8 Å². The maximum atomic E-state index is 7.95. The van der Waals surface area contributed by atoms with Crippen molar-refractivity contribution in [1.29, 1.82) is 0 Å². The second-order valence-corrected chi connectivity index (χ2v) is 11.2. The molecule has 43 heavy (non-hydrogen) atoms. The molecule has 0 aliphatic carbocycles. The van der Waals surface area contributed by atoms with Gasteiger partial charge in [0.1, 0.15) is 0 Å². The minimum Gasteiger partial charge on any atom is -0.453 e. The van der Waals surface area contributed by atoms with Gasteiger partial charge >= 0.3 is 0 Å². The Labute approximate surface area is 248 Å². The number of nitrogens with zero attached hydrogens (tertiary/aromatic N) is 3. The summed E-state index contributed by atoms with van der Waals surface area (Å²) in [5.74, 6) is 3.32. The minimum absolute atomic E-state index is 0.0321. The van der Waals surface area contributed by atoms with Crippen LogP contribution in [-0.2, 0) is 0 Å². The number of benzene rings is 6. The van der Waals surface area contributed by atoms with Crippen LogP contribution < -0.4 is 35.7 Å². The van der Waals surface area contributed by atoms with Gasteiger partial charge in [-0.05, 0) is 76.0 Å². The van der Waals surface area contributed by atoms with Crippen molar-refractivity contribution < 1.29 is 9.47 Å². The number of fused-ring (bicyclic) bond motifs is 8. The average Bonchev–Trinajstić information content (AvgIpc) is 3.06. The summed E-state index contributed by atoms with van der Waals surface area (Å²) in [4.78, 5) is 8.63. The summed E-state index contributed by atoms with van der Waals surface area (Å²) in [6.45, 7) is 7.92. The molecule has 0 amide bonds. The lowest BCUT2D eigenvalue weighted by molar-refractivity contribution is 0.477. The molecular weight excluding hydrogens is 529 g/mol. The van der Waals surface area contributed by atoms with Crippen LogP contribution in [0.5, 0.6) is 23.0 Å². The largest absolute Gasteiger partial charge is 0.453 e. The van der Waals surface area contributed by atoms with Crippen molar-refractivity contribution >= 4 is 62.9 Å². The fourth-order valence-corrected chi connectivity index (χ4v) is 7.36. The van der Waals surface area contributed by atoms with E-state index < -0.39 is 0 Å². The zero-order valence-electron chi connectivity index (χ0n) is 22.8. The fraction of sp³-hybridized carbons (Fsp3) is 0. The van der Waals surface area contributed by atoms with Crippen LogP contribution in [-0.4, -0.2) is 6.71 Å². The van der Waals surface area contributed by atoms with Crippen molar-refractivity contribution in [2.24, 2.45) is 0 Å². The molecule has 4 aliphatic heterocycles. The molecule has 198 valence electrons. The van der Waals surface area contributed by atoms with Crippen LogP contribution in [0.1, 0.15) is 0 Å².